The number of carbonyl (C=O) groups excluding carboxylic acids is 2. The molecule has 59 heavy (non-hydrogen) atoms. The van der Waals surface area contributed by atoms with Crippen molar-refractivity contribution in [1.82, 2.24) is 15.0 Å². The lowest BCUT2D eigenvalue weighted by Crippen LogP contribution is -2.46. The second-order valence-electron chi connectivity index (χ2n) is 15.5. The molecule has 0 bridgehead atoms. The van der Waals surface area contributed by atoms with Gasteiger partial charge in [-0.3, -0.25) is 14.6 Å². The number of Topliss-reactive ketones (excluding diaryl/α,β-unsaturated/α-hetero) is 2. The van der Waals surface area contributed by atoms with Gasteiger partial charge in [-0.05, 0) is 71.7 Å². The molecular formula is C40H43F4N7O6S2. The SMILES string of the molecule is CC(C)(C#N)S(=O)(=O)C[C@](C)(N)c1cc(CC(=O)c2ncc(F)cc2F)ccc1F.Cc1cnc(C(=O)Cc2ccc(F)c([C@@](C)(N)CS(=O)(=O)C(C)(C)C#N)c2)cn1. The number of nitrogens with zero attached hydrogens (tertiary/aromatic N) is 5. The van der Waals surface area contributed by atoms with Gasteiger partial charge in [0.05, 0.1) is 52.8 Å². The number of ketones is 2. The molecule has 0 aliphatic heterocycles. The summed E-state index contributed by atoms with van der Waals surface area (Å²) in [5.41, 5.74) is 9.70. The highest BCUT2D eigenvalue weighted by Gasteiger charge is 2.42. The first-order chi connectivity index (χ1) is 27.0. The maximum atomic E-state index is 14.5. The first kappa shape index (κ1) is 47.9. The van der Waals surface area contributed by atoms with Gasteiger partial charge < -0.3 is 11.5 Å². The number of pyridine rings is 1. The number of carbonyl (C=O) groups is 2. The molecule has 0 saturated carbocycles. The minimum atomic E-state index is -4.04. The van der Waals surface area contributed by atoms with Crippen LogP contribution in [0.1, 0.15) is 90.5 Å². The summed E-state index contributed by atoms with van der Waals surface area (Å²) in [7, 11) is -7.99. The molecule has 2 aromatic carbocycles. The first-order valence-corrected chi connectivity index (χ1v) is 20.9. The number of rotatable bonds is 14. The van der Waals surface area contributed by atoms with Crippen LogP contribution in [0, 0.1) is 52.9 Å². The summed E-state index contributed by atoms with van der Waals surface area (Å²) in [6, 6.07) is 11.4. The van der Waals surface area contributed by atoms with Gasteiger partial charge in [-0.25, -0.2) is 44.4 Å². The lowest BCUT2D eigenvalue weighted by molar-refractivity contribution is 0.0977. The number of aryl methyl sites for hydroxylation is 1. The predicted octanol–water partition coefficient (Wildman–Crippen LogP) is 5.06. The van der Waals surface area contributed by atoms with Gasteiger partial charge in [0.1, 0.15) is 28.8 Å². The molecule has 19 heteroatoms. The summed E-state index contributed by atoms with van der Waals surface area (Å²) in [6.45, 7) is 9.40. The molecule has 4 rings (SSSR count). The molecule has 314 valence electrons. The van der Waals surface area contributed by atoms with Crippen molar-refractivity contribution in [1.29, 1.82) is 10.5 Å². The third kappa shape index (κ3) is 11.6. The highest BCUT2D eigenvalue weighted by atomic mass is 32.2. The van der Waals surface area contributed by atoms with Gasteiger partial charge in [-0.1, -0.05) is 24.3 Å². The van der Waals surface area contributed by atoms with Crippen molar-refractivity contribution in [2.75, 3.05) is 11.5 Å². The van der Waals surface area contributed by atoms with Gasteiger partial charge in [-0.2, -0.15) is 10.5 Å². The average Bonchev–Trinajstić information content (AvgIpc) is 3.12. The maximum Gasteiger partial charge on any atom is 0.188 e. The van der Waals surface area contributed by atoms with Gasteiger partial charge in [0.15, 0.2) is 46.6 Å². The van der Waals surface area contributed by atoms with Crippen molar-refractivity contribution in [3.05, 3.63) is 124 Å². The van der Waals surface area contributed by atoms with E-state index in [4.69, 9.17) is 22.0 Å². The van der Waals surface area contributed by atoms with Crippen molar-refractivity contribution in [3.8, 4) is 12.1 Å². The fourth-order valence-corrected chi connectivity index (χ4v) is 8.28. The molecule has 0 aliphatic rings. The summed E-state index contributed by atoms with van der Waals surface area (Å²) in [6.07, 6.45) is 3.08. The van der Waals surface area contributed by atoms with Gasteiger partial charge in [0.2, 0.25) is 0 Å². The Morgan fingerprint density at radius 3 is 1.47 bits per heavy atom. The summed E-state index contributed by atoms with van der Waals surface area (Å²) >= 11 is 0. The Hall–Kier alpha value is -5.47. The quantitative estimate of drug-likeness (QED) is 0.125. The smallest absolute Gasteiger partial charge is 0.188 e. The lowest BCUT2D eigenvalue weighted by atomic mass is 9.92. The Morgan fingerprint density at radius 2 is 1.08 bits per heavy atom. The van der Waals surface area contributed by atoms with E-state index in [0.717, 1.165) is 12.1 Å². The summed E-state index contributed by atoms with van der Waals surface area (Å²) in [4.78, 5) is 36.2. The highest BCUT2D eigenvalue weighted by molar-refractivity contribution is 7.93. The molecule has 0 aliphatic carbocycles. The van der Waals surface area contributed by atoms with Gasteiger partial charge in [-0.15, -0.1) is 0 Å². The van der Waals surface area contributed by atoms with Crippen LogP contribution in [0.5, 0.6) is 0 Å². The van der Waals surface area contributed by atoms with Crippen molar-refractivity contribution >= 4 is 31.2 Å². The molecule has 2 aromatic heterocycles. The number of benzene rings is 2. The Morgan fingerprint density at radius 1 is 0.644 bits per heavy atom. The standard InChI is InChI=1S/C20H20F3N3O3S.C20H23FN4O3S/c1-19(2,10-24)30(28,29)11-20(3,25)14-6-12(4-5-15(14)22)7-17(27)18-16(23)8-13(21)9-26-18;1-13-9-25-17(10-24-13)18(26)8-14-5-6-16(21)15(7-14)20(4,23)12-29(27,28)19(2,3)11-22/h4-6,8-9H,7,11,25H2,1-3H3;5-7,9-10H,8,12,23H2,1-4H3/t2*20-/m00/s1. The van der Waals surface area contributed by atoms with Gasteiger partial charge in [0, 0.05) is 36.2 Å². The van der Waals surface area contributed by atoms with E-state index in [1.54, 1.807) is 19.1 Å². The third-order valence-corrected chi connectivity index (χ3v) is 14.5. The van der Waals surface area contributed by atoms with Crippen molar-refractivity contribution in [2.45, 2.75) is 81.9 Å². The van der Waals surface area contributed by atoms with Crippen LogP contribution in [0.3, 0.4) is 0 Å². The number of nitrogens with two attached hydrogens (primary N) is 2. The Labute approximate surface area is 340 Å². The van der Waals surface area contributed by atoms with Crippen LogP contribution in [0.15, 0.2) is 61.1 Å². The zero-order chi connectivity index (χ0) is 44.9. The Bertz CT molecular complexity index is 2570. The van der Waals surface area contributed by atoms with Gasteiger partial charge >= 0.3 is 0 Å². The summed E-state index contributed by atoms with van der Waals surface area (Å²) < 4.78 is 102. The molecule has 0 spiro atoms. The molecule has 2 heterocycles. The molecule has 0 radical (unpaired) electrons. The summed E-state index contributed by atoms with van der Waals surface area (Å²) in [5, 5.41) is 18.2. The molecule has 0 amide bonds. The minimum Gasteiger partial charge on any atom is -0.321 e. The average molecular weight is 858 g/mol. The zero-order valence-corrected chi connectivity index (χ0v) is 34.9. The first-order valence-electron chi connectivity index (χ1n) is 17.6. The Balaban J connectivity index is 0.000000316. The van der Waals surface area contributed by atoms with Crippen LogP contribution in [0.2, 0.25) is 0 Å². The maximum absolute atomic E-state index is 14.5. The van der Waals surface area contributed by atoms with Crippen molar-refractivity contribution in [2.24, 2.45) is 11.5 Å². The largest absolute Gasteiger partial charge is 0.321 e. The highest BCUT2D eigenvalue weighted by Crippen LogP contribution is 2.30. The number of halogens is 4. The Kier molecular flexibility index (Phi) is 14.4. The van der Waals surface area contributed by atoms with E-state index in [9.17, 15) is 44.0 Å². The third-order valence-electron chi connectivity index (χ3n) is 9.23. The fraction of sp³-hybridized carbons (Fsp3) is 0.375. The van der Waals surface area contributed by atoms with Crippen LogP contribution in [-0.4, -0.2) is 64.4 Å². The van der Waals surface area contributed by atoms with E-state index in [0.29, 0.717) is 23.5 Å². The van der Waals surface area contributed by atoms with Crippen LogP contribution in [0.25, 0.3) is 0 Å². The zero-order valence-electron chi connectivity index (χ0n) is 33.3. The number of hydrogen-bond acceptors (Lipinski definition) is 13. The molecule has 0 unspecified atom stereocenters. The van der Waals surface area contributed by atoms with E-state index >= 15 is 0 Å². The number of nitriles is 2. The molecule has 0 saturated heterocycles. The molecule has 4 aromatic rings. The predicted molar refractivity (Wildman–Crippen MR) is 210 cm³/mol. The molecular weight excluding hydrogens is 815 g/mol. The van der Waals surface area contributed by atoms with Crippen LogP contribution >= 0.6 is 0 Å². The van der Waals surface area contributed by atoms with E-state index in [1.807, 2.05) is 0 Å². The molecule has 2 atom stereocenters. The molecule has 0 fully saturated rings. The summed E-state index contributed by atoms with van der Waals surface area (Å²) in [5.74, 6) is -5.99. The second kappa shape index (κ2) is 17.8. The number of hydrogen-bond donors (Lipinski definition) is 2. The minimum absolute atomic E-state index is 0.0462. The van der Waals surface area contributed by atoms with Crippen LogP contribution < -0.4 is 11.5 Å². The van der Waals surface area contributed by atoms with Crippen molar-refractivity contribution in [3.63, 3.8) is 0 Å². The molecule has 13 nitrogen and oxygen atoms in total. The molecule has 4 N–H and O–H groups in total. The van der Waals surface area contributed by atoms with E-state index < -0.39 is 92.9 Å². The second-order valence-corrected chi connectivity index (χ2v) is 20.5. The van der Waals surface area contributed by atoms with E-state index in [-0.39, 0.29) is 34.6 Å². The lowest BCUT2D eigenvalue weighted by Gasteiger charge is -2.29. The monoisotopic (exact) mass is 857 g/mol. The number of aromatic nitrogens is 3. The topological polar surface area (TPSA) is 241 Å². The number of sulfone groups is 2. The van der Waals surface area contributed by atoms with Crippen LogP contribution in [-0.2, 0) is 43.6 Å². The van der Waals surface area contributed by atoms with Crippen molar-refractivity contribution < 1.29 is 44.0 Å². The van der Waals surface area contributed by atoms with E-state index in [1.165, 1.54) is 78.2 Å². The van der Waals surface area contributed by atoms with Crippen LogP contribution in [0.4, 0.5) is 17.6 Å². The fourth-order valence-electron chi connectivity index (χ4n) is 5.39. The van der Waals surface area contributed by atoms with E-state index in [2.05, 4.69) is 15.0 Å². The van der Waals surface area contributed by atoms with Gasteiger partial charge in [0.25, 0.3) is 0 Å². The normalized spacial score (nSPS) is 14.1.